The summed E-state index contributed by atoms with van der Waals surface area (Å²) in [6.45, 7) is 5.73. The predicted octanol–water partition coefficient (Wildman–Crippen LogP) is 6.48. The van der Waals surface area contributed by atoms with E-state index in [1.807, 2.05) is 53.9 Å². The third kappa shape index (κ3) is 5.29. The molecule has 3 aromatic heterocycles. The summed E-state index contributed by atoms with van der Waals surface area (Å²) in [6.07, 6.45) is 1.82. The second-order valence-corrected chi connectivity index (χ2v) is 12.6. The van der Waals surface area contributed by atoms with Gasteiger partial charge < -0.3 is 19.4 Å². The van der Waals surface area contributed by atoms with Crippen LogP contribution >= 0.6 is 34.7 Å². The third-order valence-electron chi connectivity index (χ3n) is 7.23. The van der Waals surface area contributed by atoms with E-state index in [0.29, 0.717) is 32.0 Å². The van der Waals surface area contributed by atoms with E-state index in [-0.39, 0.29) is 34.5 Å². The summed E-state index contributed by atoms with van der Waals surface area (Å²) < 4.78 is 8.00. The van der Waals surface area contributed by atoms with E-state index in [1.165, 1.54) is 22.7 Å². The average molecular weight is 648 g/mol. The van der Waals surface area contributed by atoms with Gasteiger partial charge in [0.1, 0.15) is 11.3 Å². The number of aromatic nitrogens is 4. The van der Waals surface area contributed by atoms with Gasteiger partial charge in [-0.3, -0.25) is 14.5 Å². The van der Waals surface area contributed by atoms with Crippen molar-refractivity contribution in [2.75, 3.05) is 11.5 Å². The molecule has 6 rings (SSSR count). The topological polar surface area (TPSA) is 130 Å². The minimum atomic E-state index is -1.10. The number of aromatic hydroxyl groups is 1. The highest BCUT2D eigenvalue weighted by Gasteiger charge is 2.49. The number of hydrogen-bond acceptors (Lipinski definition) is 10. The molecule has 1 atom stereocenters. The lowest BCUT2D eigenvalue weighted by molar-refractivity contribution is -0.132. The number of aryl methyl sites for hydroxylation is 2. The second kappa shape index (κ2) is 11.9. The molecule has 1 aliphatic heterocycles. The molecule has 1 amide bonds. The van der Waals surface area contributed by atoms with E-state index in [9.17, 15) is 19.8 Å². The minimum absolute atomic E-state index is 0.101. The zero-order valence-corrected chi connectivity index (χ0v) is 26.2. The number of pyridine rings is 1. The largest absolute Gasteiger partial charge is 0.505 e. The van der Waals surface area contributed by atoms with Gasteiger partial charge in [-0.25, -0.2) is 4.98 Å². The Labute approximate surface area is 265 Å². The van der Waals surface area contributed by atoms with Crippen LogP contribution in [0.1, 0.15) is 41.0 Å². The van der Waals surface area contributed by atoms with Gasteiger partial charge >= 0.3 is 5.91 Å². The molecule has 10 nitrogen and oxygen atoms in total. The molecule has 1 saturated heterocycles. The van der Waals surface area contributed by atoms with E-state index < -0.39 is 23.5 Å². The first-order chi connectivity index (χ1) is 21.2. The van der Waals surface area contributed by atoms with Crippen LogP contribution in [0, 0.1) is 13.8 Å². The molecule has 5 aromatic rings. The molecule has 13 heteroatoms. The molecule has 0 spiro atoms. The van der Waals surface area contributed by atoms with Crippen LogP contribution in [0.25, 0.3) is 11.4 Å². The average Bonchev–Trinajstić information content (AvgIpc) is 3.69. The van der Waals surface area contributed by atoms with Crippen molar-refractivity contribution in [1.82, 2.24) is 19.6 Å². The second-order valence-electron chi connectivity index (χ2n) is 10.0. The number of phenolic OH excluding ortho intramolecular Hbond substituents is 1. The number of ether oxygens (including phenoxy) is 1. The third-order valence-corrected chi connectivity index (χ3v) is 9.61. The van der Waals surface area contributed by atoms with Crippen molar-refractivity contribution in [3.8, 4) is 11.5 Å². The summed E-state index contributed by atoms with van der Waals surface area (Å²) >= 11 is 8.59. The van der Waals surface area contributed by atoms with Gasteiger partial charge in [0.15, 0.2) is 21.6 Å². The number of nitrogens with zero attached hydrogens (tertiary/aromatic N) is 5. The Hall–Kier alpha value is -4.39. The smallest absolute Gasteiger partial charge is 0.301 e. The summed E-state index contributed by atoms with van der Waals surface area (Å²) in [4.78, 5) is 33.3. The predicted molar refractivity (Wildman–Crippen MR) is 170 cm³/mol. The van der Waals surface area contributed by atoms with Gasteiger partial charge in [0.2, 0.25) is 5.13 Å². The van der Waals surface area contributed by atoms with Crippen LogP contribution < -0.4 is 9.64 Å². The Morgan fingerprint density at radius 2 is 1.89 bits per heavy atom. The van der Waals surface area contributed by atoms with Crippen LogP contribution in [0.5, 0.6) is 11.5 Å². The molecule has 4 heterocycles. The number of imidazole rings is 1. The van der Waals surface area contributed by atoms with Gasteiger partial charge in [-0.05, 0) is 67.8 Å². The van der Waals surface area contributed by atoms with Crippen molar-refractivity contribution in [3.63, 3.8) is 0 Å². The Kier molecular flexibility index (Phi) is 8.06. The van der Waals surface area contributed by atoms with E-state index in [0.717, 1.165) is 22.5 Å². The summed E-state index contributed by atoms with van der Waals surface area (Å²) in [5.74, 6) is -1.51. The Morgan fingerprint density at radius 1 is 1.11 bits per heavy atom. The van der Waals surface area contributed by atoms with E-state index in [1.54, 1.807) is 26.0 Å². The fraction of sp³-hybridized carbons (Fsp3) is 0.194. The van der Waals surface area contributed by atoms with Crippen LogP contribution in [0.3, 0.4) is 0 Å². The van der Waals surface area contributed by atoms with Crippen LogP contribution in [0.15, 0.2) is 70.7 Å². The maximum Gasteiger partial charge on any atom is 0.301 e. The number of carbonyl (C=O) groups excluding carboxylic acids is 2. The fourth-order valence-corrected chi connectivity index (χ4v) is 7.02. The molecule has 224 valence electrons. The molecule has 2 aromatic carbocycles. The number of carbonyl (C=O) groups is 2. The molecule has 1 unspecified atom stereocenters. The molecule has 2 N–H and O–H groups in total. The number of benzene rings is 2. The van der Waals surface area contributed by atoms with Gasteiger partial charge in [-0.15, -0.1) is 10.2 Å². The van der Waals surface area contributed by atoms with Crippen LogP contribution in [-0.2, 0) is 15.3 Å². The molecule has 44 heavy (non-hydrogen) atoms. The standard InChI is InChI=1S/C31H26ClN5O5S2/c1-4-42-22-14-19(9-12-21(22)38)25-23(26(39)24-17(3)36-13-5-6-16(2)28(36)33-24)27(40)29(41)37(25)30-34-35-31(44-30)43-15-18-7-10-20(32)11-8-18/h5-14,25,38-39H,4,15H2,1-3H3. The molecular weight excluding hydrogens is 622 g/mol. The molecule has 0 radical (unpaired) electrons. The molecule has 0 saturated carbocycles. The number of Topliss-reactive ketones (excluding diaryl/α,β-unsaturated/α-hetero) is 1. The van der Waals surface area contributed by atoms with Crippen LogP contribution in [0.4, 0.5) is 5.13 Å². The molecule has 1 fully saturated rings. The monoisotopic (exact) mass is 647 g/mol. The molecule has 0 aliphatic carbocycles. The molecule has 0 bridgehead atoms. The zero-order chi connectivity index (χ0) is 31.1. The highest BCUT2D eigenvalue weighted by molar-refractivity contribution is 8.00. The van der Waals surface area contributed by atoms with Crippen molar-refractivity contribution in [2.24, 2.45) is 0 Å². The Bertz CT molecular complexity index is 1950. The first-order valence-electron chi connectivity index (χ1n) is 13.6. The SMILES string of the molecule is CCOc1cc(C2C(=C(O)c3nc4c(C)cccn4c3C)C(=O)C(=O)N2c2nnc(SCc3ccc(Cl)cc3)s2)ccc1O. The maximum atomic E-state index is 13.7. The first-order valence-corrected chi connectivity index (χ1v) is 15.8. The van der Waals surface area contributed by atoms with Crippen LogP contribution in [-0.4, -0.2) is 48.1 Å². The summed E-state index contributed by atoms with van der Waals surface area (Å²) in [5.41, 5.74) is 3.58. The Morgan fingerprint density at radius 3 is 2.61 bits per heavy atom. The van der Waals surface area contributed by atoms with Gasteiger partial charge in [-0.2, -0.15) is 0 Å². The van der Waals surface area contributed by atoms with Crippen LogP contribution in [0.2, 0.25) is 5.02 Å². The lowest BCUT2D eigenvalue weighted by Gasteiger charge is -2.23. The lowest BCUT2D eigenvalue weighted by atomic mass is 9.96. The van der Waals surface area contributed by atoms with E-state index in [4.69, 9.17) is 16.3 Å². The number of aliphatic hydroxyl groups excluding tert-OH is 1. The number of ketones is 1. The molecular formula is C31H26ClN5O5S2. The van der Waals surface area contributed by atoms with Gasteiger partial charge in [0.05, 0.1) is 23.9 Å². The van der Waals surface area contributed by atoms with E-state index >= 15 is 0 Å². The van der Waals surface area contributed by atoms with Crippen molar-refractivity contribution in [2.45, 2.75) is 36.9 Å². The van der Waals surface area contributed by atoms with Gasteiger partial charge in [0.25, 0.3) is 5.78 Å². The number of fused-ring (bicyclic) bond motifs is 1. The minimum Gasteiger partial charge on any atom is -0.505 e. The number of halogens is 1. The highest BCUT2D eigenvalue weighted by atomic mass is 35.5. The normalized spacial score (nSPS) is 16.3. The number of thioether (sulfide) groups is 1. The summed E-state index contributed by atoms with van der Waals surface area (Å²) in [6, 6.07) is 14.7. The fourth-order valence-electron chi connectivity index (χ4n) is 5.08. The molecule has 1 aliphatic rings. The van der Waals surface area contributed by atoms with Crippen molar-refractivity contribution in [3.05, 3.63) is 99.5 Å². The summed E-state index contributed by atoms with van der Waals surface area (Å²) in [7, 11) is 0. The quantitative estimate of drug-likeness (QED) is 0.0639. The van der Waals surface area contributed by atoms with Gasteiger partial charge in [0, 0.05) is 17.0 Å². The number of amides is 1. The zero-order valence-electron chi connectivity index (χ0n) is 23.8. The Balaban J connectivity index is 1.46. The number of hydrogen-bond donors (Lipinski definition) is 2. The van der Waals surface area contributed by atoms with Crippen molar-refractivity contribution < 1.29 is 24.5 Å². The number of phenols is 1. The lowest BCUT2D eigenvalue weighted by Crippen LogP contribution is -2.29. The number of rotatable bonds is 8. The first kappa shape index (κ1) is 29.7. The number of aliphatic hydroxyl groups is 1. The van der Waals surface area contributed by atoms with Crippen molar-refractivity contribution in [1.29, 1.82) is 0 Å². The van der Waals surface area contributed by atoms with Gasteiger partial charge in [-0.1, -0.05) is 59.0 Å². The van der Waals surface area contributed by atoms with Crippen molar-refractivity contribution >= 4 is 62.9 Å². The number of anilines is 1. The van der Waals surface area contributed by atoms with E-state index in [2.05, 4.69) is 15.2 Å². The highest BCUT2D eigenvalue weighted by Crippen LogP contribution is 2.45. The summed E-state index contributed by atoms with van der Waals surface area (Å²) in [5, 5.41) is 31.5. The maximum absolute atomic E-state index is 13.7.